The lowest BCUT2D eigenvalue weighted by Gasteiger charge is -2.13. The minimum absolute atomic E-state index is 0.236. The molecular formula is C24H20N4O4. The highest BCUT2D eigenvalue weighted by Crippen LogP contribution is 2.21. The van der Waals surface area contributed by atoms with E-state index in [2.05, 4.69) is 15.6 Å². The molecule has 0 saturated carbocycles. The van der Waals surface area contributed by atoms with Crippen molar-refractivity contribution in [2.75, 3.05) is 17.7 Å². The van der Waals surface area contributed by atoms with Crippen molar-refractivity contribution < 1.29 is 14.3 Å². The fourth-order valence-corrected chi connectivity index (χ4v) is 3.35. The first kappa shape index (κ1) is 20.8. The summed E-state index contributed by atoms with van der Waals surface area (Å²) in [4.78, 5) is 41.5. The van der Waals surface area contributed by atoms with Crippen LogP contribution in [0.25, 0.3) is 16.5 Å². The number of benzene rings is 2. The van der Waals surface area contributed by atoms with Gasteiger partial charge < -0.3 is 15.4 Å². The quantitative estimate of drug-likeness (QED) is 0.506. The van der Waals surface area contributed by atoms with Gasteiger partial charge >= 0.3 is 0 Å². The van der Waals surface area contributed by atoms with E-state index in [1.807, 2.05) is 0 Å². The van der Waals surface area contributed by atoms with Crippen molar-refractivity contribution in [3.05, 3.63) is 89.0 Å². The van der Waals surface area contributed by atoms with Crippen LogP contribution in [0, 0.1) is 0 Å². The topological polar surface area (TPSA) is 102 Å². The molecule has 2 aromatic carbocycles. The van der Waals surface area contributed by atoms with Gasteiger partial charge in [-0.25, -0.2) is 4.98 Å². The Morgan fingerprint density at radius 2 is 1.75 bits per heavy atom. The Labute approximate surface area is 183 Å². The van der Waals surface area contributed by atoms with Crippen LogP contribution in [0.2, 0.25) is 0 Å². The van der Waals surface area contributed by atoms with Crippen molar-refractivity contribution in [1.29, 1.82) is 0 Å². The van der Waals surface area contributed by atoms with E-state index in [0.717, 1.165) is 0 Å². The number of hydrogen-bond donors (Lipinski definition) is 2. The molecule has 0 aliphatic carbocycles. The maximum Gasteiger partial charge on any atom is 0.262 e. The van der Waals surface area contributed by atoms with Crippen LogP contribution in [0.4, 0.5) is 11.5 Å². The molecule has 0 saturated heterocycles. The molecule has 8 heteroatoms. The normalized spacial score (nSPS) is 10.6. The zero-order valence-electron chi connectivity index (χ0n) is 17.5. The summed E-state index contributed by atoms with van der Waals surface area (Å²) in [5.74, 6) is 0.346. The van der Waals surface area contributed by atoms with E-state index in [1.165, 1.54) is 23.9 Å². The number of aromatic nitrogens is 2. The zero-order valence-corrected chi connectivity index (χ0v) is 17.5. The van der Waals surface area contributed by atoms with E-state index in [-0.39, 0.29) is 11.5 Å². The summed E-state index contributed by atoms with van der Waals surface area (Å²) >= 11 is 0. The summed E-state index contributed by atoms with van der Waals surface area (Å²) in [5, 5.41) is 6.33. The molecule has 4 aromatic rings. The Morgan fingerprint density at radius 1 is 0.969 bits per heavy atom. The Hall–Kier alpha value is -4.46. The minimum Gasteiger partial charge on any atom is -0.497 e. The molecule has 2 aromatic heterocycles. The van der Waals surface area contributed by atoms with Gasteiger partial charge in [-0.3, -0.25) is 19.0 Å². The standard InChI is InChI=1S/C24H20N4O4/c1-15(29)26-22-11-10-16(13-25-22)27-23(30)21-14-28(17-6-5-7-18(12-17)32-2)24(31)20-9-4-3-8-19(20)21/h3-14H,1-2H3,(H,27,30)(H,25,26,29). The van der Waals surface area contributed by atoms with Crippen molar-refractivity contribution in [2.45, 2.75) is 6.92 Å². The second-order valence-corrected chi connectivity index (χ2v) is 7.03. The third kappa shape index (κ3) is 4.20. The third-order valence-electron chi connectivity index (χ3n) is 4.83. The second-order valence-electron chi connectivity index (χ2n) is 7.03. The number of fused-ring (bicyclic) bond motifs is 1. The molecule has 2 heterocycles. The first-order chi connectivity index (χ1) is 15.5. The van der Waals surface area contributed by atoms with Crippen LogP contribution in [0.1, 0.15) is 17.3 Å². The third-order valence-corrected chi connectivity index (χ3v) is 4.83. The molecule has 8 nitrogen and oxygen atoms in total. The predicted molar refractivity (Wildman–Crippen MR) is 123 cm³/mol. The molecule has 2 amide bonds. The Bertz CT molecular complexity index is 1380. The number of nitrogens with zero attached hydrogens (tertiary/aromatic N) is 2. The average molecular weight is 428 g/mol. The summed E-state index contributed by atoms with van der Waals surface area (Å²) in [6.45, 7) is 1.39. The van der Waals surface area contributed by atoms with Crippen molar-refractivity contribution in [3.63, 3.8) is 0 Å². The number of ether oxygens (including phenoxy) is 1. The number of carbonyl (C=O) groups is 2. The van der Waals surface area contributed by atoms with E-state index >= 15 is 0 Å². The maximum atomic E-state index is 13.2. The van der Waals surface area contributed by atoms with Gasteiger partial charge in [0.1, 0.15) is 11.6 Å². The highest BCUT2D eigenvalue weighted by atomic mass is 16.5. The molecule has 0 fully saturated rings. The largest absolute Gasteiger partial charge is 0.497 e. The van der Waals surface area contributed by atoms with Gasteiger partial charge in [-0.2, -0.15) is 0 Å². The SMILES string of the molecule is COc1cccc(-n2cc(C(=O)Nc3ccc(NC(C)=O)nc3)c3ccccc3c2=O)c1. The summed E-state index contributed by atoms with van der Waals surface area (Å²) < 4.78 is 6.69. The highest BCUT2D eigenvalue weighted by Gasteiger charge is 2.16. The number of pyridine rings is 2. The molecule has 32 heavy (non-hydrogen) atoms. The first-order valence-corrected chi connectivity index (χ1v) is 9.80. The van der Waals surface area contributed by atoms with Crippen LogP contribution in [-0.2, 0) is 4.79 Å². The predicted octanol–water partition coefficient (Wildman–Crippen LogP) is 3.61. The van der Waals surface area contributed by atoms with Crippen molar-refractivity contribution in [1.82, 2.24) is 9.55 Å². The lowest BCUT2D eigenvalue weighted by Crippen LogP contribution is -2.22. The van der Waals surface area contributed by atoms with Crippen LogP contribution in [0.15, 0.2) is 77.9 Å². The van der Waals surface area contributed by atoms with Crippen LogP contribution in [0.3, 0.4) is 0 Å². The van der Waals surface area contributed by atoms with Gasteiger partial charge in [0, 0.05) is 30.0 Å². The number of rotatable bonds is 5. The monoisotopic (exact) mass is 428 g/mol. The number of amides is 2. The lowest BCUT2D eigenvalue weighted by molar-refractivity contribution is -0.114. The number of hydrogen-bond acceptors (Lipinski definition) is 5. The minimum atomic E-state index is -0.396. The Morgan fingerprint density at radius 3 is 2.44 bits per heavy atom. The fraction of sp³-hybridized carbons (Fsp3) is 0.0833. The van der Waals surface area contributed by atoms with Crippen LogP contribution in [0.5, 0.6) is 5.75 Å². The lowest BCUT2D eigenvalue weighted by atomic mass is 10.1. The summed E-state index contributed by atoms with van der Waals surface area (Å²) in [7, 11) is 1.55. The van der Waals surface area contributed by atoms with Crippen molar-refractivity contribution in [3.8, 4) is 11.4 Å². The van der Waals surface area contributed by atoms with E-state index < -0.39 is 5.91 Å². The molecule has 0 bridgehead atoms. The number of methoxy groups -OCH3 is 1. The molecule has 0 aliphatic rings. The van der Waals surface area contributed by atoms with Crippen LogP contribution >= 0.6 is 0 Å². The first-order valence-electron chi connectivity index (χ1n) is 9.80. The van der Waals surface area contributed by atoms with Gasteiger partial charge in [-0.1, -0.05) is 24.3 Å². The van der Waals surface area contributed by atoms with E-state index in [1.54, 1.807) is 67.8 Å². The van der Waals surface area contributed by atoms with Gasteiger partial charge in [0.15, 0.2) is 0 Å². The summed E-state index contributed by atoms with van der Waals surface area (Å²) in [6, 6.07) is 17.2. The van der Waals surface area contributed by atoms with Crippen LogP contribution < -0.4 is 20.9 Å². The number of anilines is 2. The molecule has 2 N–H and O–H groups in total. The second kappa shape index (κ2) is 8.73. The van der Waals surface area contributed by atoms with Gasteiger partial charge in [-0.05, 0) is 30.3 Å². The molecule has 160 valence electrons. The smallest absolute Gasteiger partial charge is 0.262 e. The van der Waals surface area contributed by atoms with Crippen molar-refractivity contribution in [2.24, 2.45) is 0 Å². The van der Waals surface area contributed by atoms with E-state index in [4.69, 9.17) is 4.74 Å². The molecule has 0 unspecified atom stereocenters. The van der Waals surface area contributed by atoms with E-state index in [9.17, 15) is 14.4 Å². The number of carbonyl (C=O) groups excluding carboxylic acids is 2. The molecule has 0 radical (unpaired) electrons. The number of nitrogens with one attached hydrogen (secondary N) is 2. The molecular weight excluding hydrogens is 408 g/mol. The zero-order chi connectivity index (χ0) is 22.7. The molecule has 4 rings (SSSR count). The Kier molecular flexibility index (Phi) is 5.67. The highest BCUT2D eigenvalue weighted by molar-refractivity contribution is 6.12. The molecule has 0 spiro atoms. The average Bonchev–Trinajstić information content (AvgIpc) is 2.80. The molecule has 0 aliphatic heterocycles. The summed E-state index contributed by atoms with van der Waals surface area (Å²) in [6.07, 6.45) is 2.97. The van der Waals surface area contributed by atoms with Crippen LogP contribution in [-0.4, -0.2) is 28.5 Å². The fourth-order valence-electron chi connectivity index (χ4n) is 3.35. The Balaban J connectivity index is 1.76. The maximum absolute atomic E-state index is 13.2. The van der Waals surface area contributed by atoms with Crippen molar-refractivity contribution >= 4 is 34.1 Å². The molecule has 0 atom stereocenters. The summed E-state index contributed by atoms with van der Waals surface area (Å²) in [5.41, 5.74) is 1.11. The van der Waals surface area contributed by atoms with E-state index in [0.29, 0.717) is 39.3 Å². The van der Waals surface area contributed by atoms with Gasteiger partial charge in [0.2, 0.25) is 5.91 Å². The van der Waals surface area contributed by atoms with Gasteiger partial charge in [0.05, 0.1) is 30.2 Å². The van der Waals surface area contributed by atoms with Gasteiger partial charge in [-0.15, -0.1) is 0 Å². The van der Waals surface area contributed by atoms with Gasteiger partial charge in [0.25, 0.3) is 11.5 Å².